The largest absolute Gasteiger partial charge is 0.391 e. The first kappa shape index (κ1) is 18.8. The second-order valence-corrected chi connectivity index (χ2v) is 5.23. The predicted octanol–water partition coefficient (Wildman–Crippen LogP) is -0.273. The molecule has 0 aromatic heterocycles. The van der Waals surface area contributed by atoms with Crippen LogP contribution in [0, 0.1) is 5.92 Å². The fourth-order valence-electron chi connectivity index (χ4n) is 1.94. The predicted molar refractivity (Wildman–Crippen MR) is 85.1 cm³/mol. The van der Waals surface area contributed by atoms with Gasteiger partial charge in [0, 0.05) is 6.42 Å². The van der Waals surface area contributed by atoms with Gasteiger partial charge in [-0.05, 0) is 18.5 Å². The normalized spacial score (nSPS) is 13.0. The number of amides is 1. The second kappa shape index (κ2) is 9.70. The van der Waals surface area contributed by atoms with Crippen LogP contribution in [0.2, 0.25) is 0 Å². The molecule has 126 valence electrons. The van der Waals surface area contributed by atoms with Crippen LogP contribution in [-0.4, -0.2) is 37.0 Å². The molecule has 0 saturated heterocycles. The lowest BCUT2D eigenvalue weighted by atomic mass is 10.1. The van der Waals surface area contributed by atoms with Gasteiger partial charge in [-0.2, -0.15) is 0 Å². The summed E-state index contributed by atoms with van der Waals surface area (Å²) in [6.07, 6.45) is 0.634. The fourth-order valence-corrected chi connectivity index (χ4v) is 1.94. The first-order chi connectivity index (χ1) is 11.0. The minimum Gasteiger partial charge on any atom is -0.391 e. The number of nitrogens with two attached hydrogens (primary N) is 2. The molecule has 0 aliphatic carbocycles. The molecule has 1 aromatic carbocycles. The summed E-state index contributed by atoms with van der Waals surface area (Å²) in [4.78, 5) is 35.5. The molecule has 0 saturated carbocycles. The molecule has 0 radical (unpaired) electrons. The molecule has 0 spiro atoms. The van der Waals surface area contributed by atoms with Crippen LogP contribution in [0.5, 0.6) is 0 Å². The molecule has 1 rings (SSSR count). The number of esters is 2. The van der Waals surface area contributed by atoms with Crippen LogP contribution in [0.15, 0.2) is 30.3 Å². The Morgan fingerprint density at radius 1 is 1.13 bits per heavy atom. The van der Waals surface area contributed by atoms with E-state index >= 15 is 0 Å². The van der Waals surface area contributed by atoms with Gasteiger partial charge in [0.1, 0.15) is 6.04 Å². The highest BCUT2D eigenvalue weighted by Gasteiger charge is 2.26. The third-order valence-electron chi connectivity index (χ3n) is 3.29. The molecule has 0 aliphatic rings. The van der Waals surface area contributed by atoms with Crippen LogP contribution in [0.3, 0.4) is 0 Å². The molecule has 2 atom stereocenters. The van der Waals surface area contributed by atoms with E-state index < -0.39 is 29.8 Å². The number of hydrogen-bond donors (Lipinski definition) is 3. The van der Waals surface area contributed by atoms with Crippen LogP contribution in [0.25, 0.3) is 0 Å². The van der Waals surface area contributed by atoms with Crippen LogP contribution >= 0.6 is 0 Å². The lowest BCUT2D eigenvalue weighted by molar-refractivity contribution is -0.164. The maximum Gasteiger partial charge on any atom is 0.336 e. The Morgan fingerprint density at radius 2 is 1.78 bits per heavy atom. The van der Waals surface area contributed by atoms with E-state index in [1.54, 1.807) is 6.92 Å². The smallest absolute Gasteiger partial charge is 0.336 e. The first-order valence-corrected chi connectivity index (χ1v) is 7.46. The third-order valence-corrected chi connectivity index (χ3v) is 3.29. The number of benzene rings is 1. The van der Waals surface area contributed by atoms with Crippen molar-refractivity contribution in [1.82, 2.24) is 5.32 Å². The molecule has 1 unspecified atom stereocenters. The Hall–Kier alpha value is -2.25. The van der Waals surface area contributed by atoms with E-state index in [-0.39, 0.29) is 13.0 Å². The van der Waals surface area contributed by atoms with E-state index in [2.05, 4.69) is 5.32 Å². The SMILES string of the molecule is CC(CCN)C(=O)OC(=O)[C@H](Cc1ccccc1)NC(=O)CN. The van der Waals surface area contributed by atoms with E-state index in [4.69, 9.17) is 16.2 Å². The molecule has 7 heteroatoms. The number of rotatable bonds is 8. The zero-order valence-corrected chi connectivity index (χ0v) is 13.2. The Morgan fingerprint density at radius 3 is 2.35 bits per heavy atom. The van der Waals surface area contributed by atoms with E-state index in [0.717, 1.165) is 5.56 Å². The minimum atomic E-state index is -0.970. The number of nitrogens with one attached hydrogen (secondary N) is 1. The third kappa shape index (κ3) is 6.58. The van der Waals surface area contributed by atoms with E-state index in [0.29, 0.717) is 13.0 Å². The van der Waals surface area contributed by atoms with Gasteiger partial charge in [-0.1, -0.05) is 37.3 Å². The van der Waals surface area contributed by atoms with Crippen LogP contribution in [0.4, 0.5) is 0 Å². The van der Waals surface area contributed by atoms with Crippen molar-refractivity contribution >= 4 is 17.8 Å². The van der Waals surface area contributed by atoms with Crippen LogP contribution in [0.1, 0.15) is 18.9 Å². The lowest BCUT2D eigenvalue weighted by Gasteiger charge is -2.18. The standard InChI is InChI=1S/C16H23N3O4/c1-11(7-8-17)15(21)23-16(22)13(19-14(20)10-18)9-12-5-3-2-4-6-12/h2-6,11,13H,7-10,17-18H2,1H3,(H,19,20)/t11?,13-/m0/s1. The average molecular weight is 321 g/mol. The average Bonchev–Trinajstić information content (AvgIpc) is 2.55. The number of ether oxygens (including phenoxy) is 1. The second-order valence-electron chi connectivity index (χ2n) is 5.23. The van der Waals surface area contributed by atoms with Gasteiger partial charge in [0.25, 0.3) is 0 Å². The summed E-state index contributed by atoms with van der Waals surface area (Å²) in [7, 11) is 0. The Bertz CT molecular complexity index is 533. The summed E-state index contributed by atoms with van der Waals surface area (Å²) in [5.41, 5.74) is 11.5. The summed E-state index contributed by atoms with van der Waals surface area (Å²) in [5, 5.41) is 2.48. The van der Waals surface area contributed by atoms with Crippen molar-refractivity contribution < 1.29 is 19.1 Å². The molecule has 0 heterocycles. The number of carbonyl (C=O) groups is 3. The minimum absolute atomic E-state index is 0.212. The van der Waals surface area contributed by atoms with Gasteiger partial charge in [0.15, 0.2) is 0 Å². The zero-order chi connectivity index (χ0) is 17.2. The highest BCUT2D eigenvalue weighted by Crippen LogP contribution is 2.08. The van der Waals surface area contributed by atoms with Crippen molar-refractivity contribution in [3.8, 4) is 0 Å². The Kier molecular flexibility index (Phi) is 7.93. The first-order valence-electron chi connectivity index (χ1n) is 7.46. The summed E-state index contributed by atoms with van der Waals surface area (Å²) in [6, 6.07) is 8.13. The molecular weight excluding hydrogens is 298 g/mol. The van der Waals surface area contributed by atoms with E-state index in [1.165, 1.54) is 0 Å². The molecular formula is C16H23N3O4. The molecule has 1 amide bonds. The molecule has 7 nitrogen and oxygen atoms in total. The van der Waals surface area contributed by atoms with Crippen molar-refractivity contribution in [2.75, 3.05) is 13.1 Å². The van der Waals surface area contributed by atoms with Gasteiger partial charge < -0.3 is 21.5 Å². The van der Waals surface area contributed by atoms with Crippen molar-refractivity contribution in [3.05, 3.63) is 35.9 Å². The highest BCUT2D eigenvalue weighted by molar-refractivity contribution is 5.92. The zero-order valence-electron chi connectivity index (χ0n) is 13.2. The van der Waals surface area contributed by atoms with E-state index in [1.807, 2.05) is 30.3 Å². The summed E-state index contributed by atoms with van der Waals surface area (Å²) < 4.78 is 4.86. The monoisotopic (exact) mass is 321 g/mol. The summed E-state index contributed by atoms with van der Waals surface area (Å²) in [5.74, 6) is -2.43. The van der Waals surface area contributed by atoms with Gasteiger partial charge in [0.05, 0.1) is 12.5 Å². The topological polar surface area (TPSA) is 125 Å². The van der Waals surface area contributed by atoms with E-state index in [9.17, 15) is 14.4 Å². The van der Waals surface area contributed by atoms with Crippen LogP contribution < -0.4 is 16.8 Å². The number of carbonyl (C=O) groups excluding carboxylic acids is 3. The van der Waals surface area contributed by atoms with Crippen molar-refractivity contribution in [2.45, 2.75) is 25.8 Å². The van der Waals surface area contributed by atoms with Crippen molar-refractivity contribution in [2.24, 2.45) is 17.4 Å². The maximum atomic E-state index is 12.2. The fraction of sp³-hybridized carbons (Fsp3) is 0.438. The number of hydrogen-bond acceptors (Lipinski definition) is 6. The lowest BCUT2D eigenvalue weighted by Crippen LogP contribution is -2.46. The molecule has 0 aliphatic heterocycles. The Labute approximate surface area is 135 Å². The quantitative estimate of drug-likeness (QED) is 0.447. The summed E-state index contributed by atoms with van der Waals surface area (Å²) >= 11 is 0. The summed E-state index contributed by atoms with van der Waals surface area (Å²) in [6.45, 7) is 1.70. The van der Waals surface area contributed by atoms with Gasteiger partial charge >= 0.3 is 11.9 Å². The molecule has 5 N–H and O–H groups in total. The van der Waals surface area contributed by atoms with Crippen molar-refractivity contribution in [1.29, 1.82) is 0 Å². The van der Waals surface area contributed by atoms with Gasteiger partial charge in [-0.3, -0.25) is 9.59 Å². The molecule has 0 fully saturated rings. The van der Waals surface area contributed by atoms with Gasteiger partial charge in [0.2, 0.25) is 5.91 Å². The maximum absolute atomic E-state index is 12.2. The van der Waals surface area contributed by atoms with Crippen LogP contribution in [-0.2, 0) is 25.5 Å². The highest BCUT2D eigenvalue weighted by atomic mass is 16.6. The van der Waals surface area contributed by atoms with Gasteiger partial charge in [-0.25, -0.2) is 4.79 Å². The molecule has 1 aromatic rings. The van der Waals surface area contributed by atoms with Gasteiger partial charge in [-0.15, -0.1) is 0 Å². The Balaban J connectivity index is 2.76. The molecule has 23 heavy (non-hydrogen) atoms. The molecule has 0 bridgehead atoms. The van der Waals surface area contributed by atoms with Crippen molar-refractivity contribution in [3.63, 3.8) is 0 Å².